The number of benzene rings is 1. The third-order valence-electron chi connectivity index (χ3n) is 2.17. The van der Waals surface area contributed by atoms with E-state index in [0.29, 0.717) is 19.0 Å². The van der Waals surface area contributed by atoms with Crippen LogP contribution < -0.4 is 21.5 Å². The lowest BCUT2D eigenvalue weighted by Gasteiger charge is -2.08. The Morgan fingerprint density at radius 3 is 2.84 bits per heavy atom. The van der Waals surface area contributed by atoms with Crippen molar-refractivity contribution in [2.75, 3.05) is 24.2 Å². The maximum atomic E-state index is 5.51. The van der Waals surface area contributed by atoms with E-state index in [0.717, 1.165) is 11.4 Å². The van der Waals surface area contributed by atoms with Crippen molar-refractivity contribution in [3.05, 3.63) is 36.5 Å². The van der Waals surface area contributed by atoms with Crippen molar-refractivity contribution in [2.45, 2.75) is 0 Å². The topological polar surface area (TPSA) is 99.1 Å². The monoisotopic (exact) mass is 281 g/mol. The van der Waals surface area contributed by atoms with Gasteiger partial charge in [0.2, 0.25) is 5.95 Å². The summed E-state index contributed by atoms with van der Waals surface area (Å²) in [5, 5.41) is 3.12. The molecule has 5 N–H and O–H groups in total. The Morgan fingerprint density at radius 2 is 2.11 bits per heavy atom. The van der Waals surface area contributed by atoms with Crippen molar-refractivity contribution in [3.8, 4) is 5.75 Å². The molecule has 0 aliphatic carbocycles. The highest BCUT2D eigenvalue weighted by molar-refractivity contribution is 5.85. The average Bonchev–Trinajstić information content (AvgIpc) is 2.37. The minimum absolute atomic E-state index is 0. The standard InChI is InChI=1S/C12H15N5O.ClH/c13-5-7-18-10-3-1-2-9(8-10)16-11-4-6-15-12(14)17-11;/h1-4,6,8H,5,7,13H2,(H3,14,15,16,17);1H. The van der Waals surface area contributed by atoms with E-state index in [4.69, 9.17) is 16.2 Å². The number of nitrogens with two attached hydrogens (primary N) is 2. The molecule has 0 aliphatic rings. The van der Waals surface area contributed by atoms with Crippen LogP contribution in [0.25, 0.3) is 0 Å². The van der Waals surface area contributed by atoms with E-state index in [1.165, 1.54) is 0 Å². The SMILES string of the molecule is Cl.NCCOc1cccc(Nc2ccnc(N)n2)c1. The molecule has 1 aromatic heterocycles. The Hall–Kier alpha value is -2.05. The van der Waals surface area contributed by atoms with Crippen molar-refractivity contribution in [1.82, 2.24) is 9.97 Å². The molecular weight excluding hydrogens is 266 g/mol. The molecule has 2 aromatic rings. The largest absolute Gasteiger partial charge is 0.492 e. The molecule has 0 bridgehead atoms. The molecule has 0 atom stereocenters. The van der Waals surface area contributed by atoms with Crippen LogP contribution in [0.5, 0.6) is 5.75 Å². The van der Waals surface area contributed by atoms with Gasteiger partial charge in [-0.3, -0.25) is 0 Å². The maximum Gasteiger partial charge on any atom is 0.221 e. The first kappa shape index (κ1) is 15.0. The summed E-state index contributed by atoms with van der Waals surface area (Å²) in [6.07, 6.45) is 1.60. The number of hydrogen-bond donors (Lipinski definition) is 3. The van der Waals surface area contributed by atoms with Crippen LogP contribution in [0.4, 0.5) is 17.5 Å². The van der Waals surface area contributed by atoms with Gasteiger partial charge in [-0.15, -0.1) is 12.4 Å². The summed E-state index contributed by atoms with van der Waals surface area (Å²) < 4.78 is 5.43. The molecule has 102 valence electrons. The predicted molar refractivity (Wildman–Crippen MR) is 78.0 cm³/mol. The second-order valence-electron chi connectivity index (χ2n) is 3.59. The molecule has 0 amide bonds. The van der Waals surface area contributed by atoms with Gasteiger partial charge >= 0.3 is 0 Å². The third-order valence-corrected chi connectivity index (χ3v) is 2.17. The number of ether oxygens (including phenoxy) is 1. The van der Waals surface area contributed by atoms with Crippen LogP contribution in [0.3, 0.4) is 0 Å². The van der Waals surface area contributed by atoms with Gasteiger partial charge in [-0.05, 0) is 18.2 Å². The lowest BCUT2D eigenvalue weighted by atomic mass is 10.3. The van der Waals surface area contributed by atoms with E-state index in [9.17, 15) is 0 Å². The first-order valence-corrected chi connectivity index (χ1v) is 5.56. The predicted octanol–water partition coefficient (Wildman–Crippen LogP) is 1.56. The van der Waals surface area contributed by atoms with Crippen molar-refractivity contribution in [3.63, 3.8) is 0 Å². The summed E-state index contributed by atoms with van der Waals surface area (Å²) in [7, 11) is 0. The van der Waals surface area contributed by atoms with Gasteiger partial charge in [-0.25, -0.2) is 4.98 Å². The van der Waals surface area contributed by atoms with Gasteiger partial charge < -0.3 is 21.5 Å². The second-order valence-corrected chi connectivity index (χ2v) is 3.59. The van der Waals surface area contributed by atoms with Crippen molar-refractivity contribution in [2.24, 2.45) is 5.73 Å². The molecule has 1 aromatic carbocycles. The highest BCUT2D eigenvalue weighted by atomic mass is 35.5. The molecule has 0 spiro atoms. The van der Waals surface area contributed by atoms with Gasteiger partial charge in [-0.2, -0.15) is 4.98 Å². The van der Waals surface area contributed by atoms with Crippen LogP contribution in [0.1, 0.15) is 0 Å². The number of nitrogens with one attached hydrogen (secondary N) is 1. The zero-order chi connectivity index (χ0) is 12.8. The second kappa shape index (κ2) is 7.40. The summed E-state index contributed by atoms with van der Waals surface area (Å²) in [6.45, 7) is 0.976. The van der Waals surface area contributed by atoms with E-state index in [2.05, 4.69) is 15.3 Å². The lowest BCUT2D eigenvalue weighted by Crippen LogP contribution is -2.10. The molecule has 0 saturated carbocycles. The minimum atomic E-state index is 0. The molecule has 1 heterocycles. The van der Waals surface area contributed by atoms with E-state index in [1.54, 1.807) is 12.3 Å². The van der Waals surface area contributed by atoms with Gasteiger partial charge in [0.1, 0.15) is 18.2 Å². The fourth-order valence-electron chi connectivity index (χ4n) is 1.43. The summed E-state index contributed by atoms with van der Waals surface area (Å²) in [5.41, 5.74) is 11.8. The van der Waals surface area contributed by atoms with Crippen LogP contribution in [0, 0.1) is 0 Å². The Bertz CT molecular complexity index is 523. The normalized spacial score (nSPS) is 9.53. The molecule has 0 saturated heterocycles. The summed E-state index contributed by atoms with van der Waals surface area (Å²) >= 11 is 0. The first-order valence-electron chi connectivity index (χ1n) is 5.56. The highest BCUT2D eigenvalue weighted by Crippen LogP contribution is 2.20. The van der Waals surface area contributed by atoms with E-state index in [1.807, 2.05) is 24.3 Å². The van der Waals surface area contributed by atoms with E-state index >= 15 is 0 Å². The van der Waals surface area contributed by atoms with Crippen LogP contribution in [0.15, 0.2) is 36.5 Å². The number of hydrogen-bond acceptors (Lipinski definition) is 6. The number of aromatic nitrogens is 2. The van der Waals surface area contributed by atoms with Crippen LogP contribution in [0.2, 0.25) is 0 Å². The molecule has 0 unspecified atom stereocenters. The summed E-state index contributed by atoms with van der Waals surface area (Å²) in [4.78, 5) is 7.88. The van der Waals surface area contributed by atoms with Crippen molar-refractivity contribution in [1.29, 1.82) is 0 Å². The van der Waals surface area contributed by atoms with Crippen molar-refractivity contribution < 1.29 is 4.74 Å². The zero-order valence-electron chi connectivity index (χ0n) is 10.2. The Labute approximate surface area is 117 Å². The molecule has 0 aliphatic heterocycles. The molecule has 2 rings (SSSR count). The molecule has 0 radical (unpaired) electrons. The van der Waals surface area contributed by atoms with Gasteiger partial charge in [0, 0.05) is 24.5 Å². The molecular formula is C12H16ClN5O. The Balaban J connectivity index is 0.00000180. The fourth-order valence-corrected chi connectivity index (χ4v) is 1.43. The quantitative estimate of drug-likeness (QED) is 0.769. The lowest BCUT2D eigenvalue weighted by molar-refractivity contribution is 0.328. The highest BCUT2D eigenvalue weighted by Gasteiger charge is 1.99. The molecule has 19 heavy (non-hydrogen) atoms. The van der Waals surface area contributed by atoms with E-state index in [-0.39, 0.29) is 18.4 Å². The summed E-state index contributed by atoms with van der Waals surface area (Å²) in [5.74, 6) is 1.63. The fraction of sp³-hybridized carbons (Fsp3) is 0.167. The number of halogens is 1. The third kappa shape index (κ3) is 4.61. The number of nitrogens with zero attached hydrogens (tertiary/aromatic N) is 2. The smallest absolute Gasteiger partial charge is 0.221 e. The summed E-state index contributed by atoms with van der Waals surface area (Å²) in [6, 6.07) is 9.28. The van der Waals surface area contributed by atoms with E-state index < -0.39 is 0 Å². The van der Waals surface area contributed by atoms with Crippen molar-refractivity contribution >= 4 is 29.9 Å². The zero-order valence-corrected chi connectivity index (χ0v) is 11.1. The average molecular weight is 282 g/mol. The van der Waals surface area contributed by atoms with Gasteiger partial charge in [-0.1, -0.05) is 6.07 Å². The first-order chi connectivity index (χ1) is 8.78. The Morgan fingerprint density at radius 1 is 1.26 bits per heavy atom. The number of rotatable bonds is 5. The maximum absolute atomic E-state index is 5.51. The number of anilines is 3. The molecule has 7 heteroatoms. The number of nitrogen functional groups attached to an aromatic ring is 1. The van der Waals surface area contributed by atoms with Gasteiger partial charge in [0.25, 0.3) is 0 Å². The Kier molecular flexibility index (Phi) is 5.84. The molecule has 6 nitrogen and oxygen atoms in total. The van der Waals surface area contributed by atoms with Crippen LogP contribution in [-0.2, 0) is 0 Å². The minimum Gasteiger partial charge on any atom is -0.492 e. The van der Waals surface area contributed by atoms with Gasteiger partial charge in [0.05, 0.1) is 0 Å². The van der Waals surface area contributed by atoms with Gasteiger partial charge in [0.15, 0.2) is 0 Å². The van der Waals surface area contributed by atoms with Crippen LogP contribution in [-0.4, -0.2) is 23.1 Å². The van der Waals surface area contributed by atoms with Crippen LogP contribution >= 0.6 is 12.4 Å². The molecule has 0 fully saturated rings.